The first-order chi connectivity index (χ1) is 8.45. The minimum absolute atomic E-state index is 0.00520. The van der Waals surface area contributed by atoms with Gasteiger partial charge in [-0.2, -0.15) is 0 Å². The van der Waals surface area contributed by atoms with Crippen LogP contribution >= 0.6 is 0 Å². The van der Waals surface area contributed by atoms with Crippen molar-refractivity contribution in [1.82, 2.24) is 9.80 Å². The highest BCUT2D eigenvalue weighted by molar-refractivity contribution is 5.86. The maximum atomic E-state index is 12.0. The van der Waals surface area contributed by atoms with Crippen molar-refractivity contribution in [2.75, 3.05) is 26.7 Å². The van der Waals surface area contributed by atoms with Crippen molar-refractivity contribution in [3.8, 4) is 0 Å². The Labute approximate surface area is 107 Å². The molecule has 6 heteroatoms. The SMILES string of the molecule is CCOC(=O)CN(C(=O)CN(C)C(C)=O)C1CC1. The molecule has 0 unspecified atom stereocenters. The van der Waals surface area contributed by atoms with Crippen molar-refractivity contribution in [3.05, 3.63) is 0 Å². The Morgan fingerprint density at radius 1 is 1.22 bits per heavy atom. The molecule has 0 bridgehead atoms. The maximum Gasteiger partial charge on any atom is 0.325 e. The van der Waals surface area contributed by atoms with Crippen LogP contribution in [0.25, 0.3) is 0 Å². The van der Waals surface area contributed by atoms with E-state index in [1.54, 1.807) is 14.0 Å². The van der Waals surface area contributed by atoms with Crippen LogP contribution in [-0.2, 0) is 19.1 Å². The van der Waals surface area contributed by atoms with E-state index in [4.69, 9.17) is 4.74 Å². The van der Waals surface area contributed by atoms with Gasteiger partial charge in [-0.15, -0.1) is 0 Å². The van der Waals surface area contributed by atoms with E-state index >= 15 is 0 Å². The highest BCUT2D eigenvalue weighted by Crippen LogP contribution is 2.26. The second kappa shape index (κ2) is 6.37. The number of esters is 1. The minimum Gasteiger partial charge on any atom is -0.465 e. The first-order valence-electron chi connectivity index (χ1n) is 6.12. The number of hydrogen-bond acceptors (Lipinski definition) is 4. The first-order valence-corrected chi connectivity index (χ1v) is 6.12. The van der Waals surface area contributed by atoms with Crippen LogP contribution in [0, 0.1) is 0 Å². The molecule has 0 atom stereocenters. The summed E-state index contributed by atoms with van der Waals surface area (Å²) >= 11 is 0. The summed E-state index contributed by atoms with van der Waals surface area (Å²) in [5.74, 6) is -0.776. The van der Waals surface area contributed by atoms with Crippen molar-refractivity contribution >= 4 is 17.8 Å². The van der Waals surface area contributed by atoms with E-state index < -0.39 is 5.97 Å². The fourth-order valence-corrected chi connectivity index (χ4v) is 1.56. The molecule has 18 heavy (non-hydrogen) atoms. The summed E-state index contributed by atoms with van der Waals surface area (Å²) in [7, 11) is 1.57. The third kappa shape index (κ3) is 4.35. The molecule has 0 aromatic heterocycles. The molecule has 2 amide bonds. The predicted octanol–water partition coefficient (Wildman–Crippen LogP) is 0.0188. The van der Waals surface area contributed by atoms with Gasteiger partial charge in [0.15, 0.2) is 0 Å². The highest BCUT2D eigenvalue weighted by atomic mass is 16.5. The van der Waals surface area contributed by atoms with Crippen molar-refractivity contribution in [3.63, 3.8) is 0 Å². The fourth-order valence-electron chi connectivity index (χ4n) is 1.56. The van der Waals surface area contributed by atoms with E-state index in [0.717, 1.165) is 12.8 Å². The Kier molecular flexibility index (Phi) is 5.12. The van der Waals surface area contributed by atoms with Crippen molar-refractivity contribution in [2.45, 2.75) is 32.7 Å². The lowest BCUT2D eigenvalue weighted by Crippen LogP contribution is -2.44. The number of rotatable bonds is 6. The van der Waals surface area contributed by atoms with E-state index in [1.165, 1.54) is 16.7 Å². The molecule has 0 aliphatic heterocycles. The quantitative estimate of drug-likeness (QED) is 0.628. The summed E-state index contributed by atoms with van der Waals surface area (Å²) in [4.78, 5) is 37.3. The van der Waals surface area contributed by atoms with Gasteiger partial charge < -0.3 is 14.5 Å². The molecule has 0 heterocycles. The van der Waals surface area contributed by atoms with Crippen LogP contribution in [0.3, 0.4) is 0 Å². The van der Waals surface area contributed by atoms with E-state index in [1.807, 2.05) is 0 Å². The minimum atomic E-state index is -0.400. The summed E-state index contributed by atoms with van der Waals surface area (Å²) < 4.78 is 4.84. The third-order valence-electron chi connectivity index (χ3n) is 2.82. The van der Waals surface area contributed by atoms with Gasteiger partial charge in [0.05, 0.1) is 13.2 Å². The molecule has 0 saturated heterocycles. The second-order valence-corrected chi connectivity index (χ2v) is 4.43. The van der Waals surface area contributed by atoms with Gasteiger partial charge in [-0.05, 0) is 19.8 Å². The van der Waals surface area contributed by atoms with Gasteiger partial charge in [0.1, 0.15) is 6.54 Å². The smallest absolute Gasteiger partial charge is 0.325 e. The average Bonchev–Trinajstić information content (AvgIpc) is 3.09. The zero-order valence-corrected chi connectivity index (χ0v) is 11.1. The molecular weight excluding hydrogens is 236 g/mol. The lowest BCUT2D eigenvalue weighted by molar-refractivity contribution is -0.150. The molecule has 0 aromatic rings. The number of carbonyl (C=O) groups is 3. The van der Waals surface area contributed by atoms with E-state index in [2.05, 4.69) is 0 Å². The largest absolute Gasteiger partial charge is 0.465 e. The van der Waals surface area contributed by atoms with Gasteiger partial charge in [-0.3, -0.25) is 14.4 Å². The Hall–Kier alpha value is -1.59. The first kappa shape index (κ1) is 14.5. The van der Waals surface area contributed by atoms with Crippen LogP contribution in [0.5, 0.6) is 0 Å². The molecular formula is C12H20N2O4. The maximum absolute atomic E-state index is 12.0. The Morgan fingerprint density at radius 2 is 1.83 bits per heavy atom. The summed E-state index contributed by atoms with van der Waals surface area (Å²) in [6, 6.07) is 0.127. The topological polar surface area (TPSA) is 66.9 Å². The van der Waals surface area contributed by atoms with Crippen LogP contribution in [0.1, 0.15) is 26.7 Å². The molecule has 0 N–H and O–H groups in total. The lowest BCUT2D eigenvalue weighted by atomic mass is 10.4. The molecule has 1 aliphatic carbocycles. The summed E-state index contributed by atoms with van der Waals surface area (Å²) in [5, 5.41) is 0. The van der Waals surface area contributed by atoms with E-state index in [9.17, 15) is 14.4 Å². The molecule has 1 aliphatic rings. The number of nitrogens with zero attached hydrogens (tertiary/aromatic N) is 2. The second-order valence-electron chi connectivity index (χ2n) is 4.43. The molecule has 6 nitrogen and oxygen atoms in total. The number of likely N-dealkylation sites (N-methyl/N-ethyl adjacent to an activating group) is 1. The molecule has 0 aromatic carbocycles. The average molecular weight is 256 g/mol. The van der Waals surface area contributed by atoms with Crippen molar-refractivity contribution < 1.29 is 19.1 Å². The van der Waals surface area contributed by atoms with Crippen LogP contribution in [0.15, 0.2) is 0 Å². The Morgan fingerprint density at radius 3 is 2.28 bits per heavy atom. The van der Waals surface area contributed by atoms with Gasteiger partial charge in [0.25, 0.3) is 0 Å². The summed E-state index contributed by atoms with van der Waals surface area (Å²) in [6.45, 7) is 3.41. The monoisotopic (exact) mass is 256 g/mol. The van der Waals surface area contributed by atoms with Crippen LogP contribution in [-0.4, -0.2) is 60.4 Å². The van der Waals surface area contributed by atoms with E-state index in [-0.39, 0.29) is 30.9 Å². The molecule has 1 rings (SSSR count). The third-order valence-corrected chi connectivity index (χ3v) is 2.82. The van der Waals surface area contributed by atoms with Gasteiger partial charge in [0.2, 0.25) is 11.8 Å². The predicted molar refractivity (Wildman–Crippen MR) is 64.7 cm³/mol. The Bertz CT molecular complexity index is 339. The van der Waals surface area contributed by atoms with Crippen molar-refractivity contribution in [2.24, 2.45) is 0 Å². The molecule has 1 fully saturated rings. The van der Waals surface area contributed by atoms with Gasteiger partial charge >= 0.3 is 5.97 Å². The summed E-state index contributed by atoms with van der Waals surface area (Å²) in [6.07, 6.45) is 1.82. The van der Waals surface area contributed by atoms with Gasteiger partial charge in [-0.25, -0.2) is 0 Å². The zero-order chi connectivity index (χ0) is 13.7. The fraction of sp³-hybridized carbons (Fsp3) is 0.750. The lowest BCUT2D eigenvalue weighted by Gasteiger charge is -2.24. The van der Waals surface area contributed by atoms with Crippen LogP contribution < -0.4 is 0 Å². The molecule has 102 valence electrons. The molecule has 0 spiro atoms. The normalized spacial score (nSPS) is 13.9. The number of hydrogen-bond donors (Lipinski definition) is 0. The molecule has 0 radical (unpaired) electrons. The number of amides is 2. The summed E-state index contributed by atoms with van der Waals surface area (Å²) in [5.41, 5.74) is 0. The van der Waals surface area contributed by atoms with Crippen molar-refractivity contribution in [1.29, 1.82) is 0 Å². The van der Waals surface area contributed by atoms with E-state index in [0.29, 0.717) is 6.61 Å². The van der Waals surface area contributed by atoms with Crippen LogP contribution in [0.4, 0.5) is 0 Å². The number of carbonyl (C=O) groups excluding carboxylic acids is 3. The van der Waals surface area contributed by atoms with Crippen LogP contribution in [0.2, 0.25) is 0 Å². The Balaban J connectivity index is 2.53. The van der Waals surface area contributed by atoms with Gasteiger partial charge in [0, 0.05) is 20.0 Å². The highest BCUT2D eigenvalue weighted by Gasteiger charge is 2.34. The molecule has 1 saturated carbocycles. The van der Waals surface area contributed by atoms with Gasteiger partial charge in [-0.1, -0.05) is 0 Å². The number of ether oxygens (including phenoxy) is 1. The zero-order valence-electron chi connectivity index (χ0n) is 11.1. The standard InChI is InChI=1S/C12H20N2O4/c1-4-18-12(17)8-14(10-5-6-10)11(16)7-13(3)9(2)15/h10H,4-8H2,1-3H3.